The molecule has 0 aliphatic rings. The van der Waals surface area contributed by atoms with Crippen LogP contribution in [0.1, 0.15) is 23.7 Å². The molecule has 0 radical (unpaired) electrons. The summed E-state index contributed by atoms with van der Waals surface area (Å²) in [7, 11) is -0.826. The fraction of sp³-hybridized carbons (Fsp3) is 0.417. The molecule has 0 aliphatic carbocycles. The maximum Gasteiger partial charge on any atom is 0.251 e. The standard InChI is InChI=1S/C12H16INO2S/c1-9(17(2)16)6-7-14-12(15)10-4-3-5-11(13)8-10/h3-5,8-9H,6-7H2,1-2H3,(H,14,15). The Morgan fingerprint density at radius 3 is 2.82 bits per heavy atom. The van der Waals surface area contributed by atoms with Crippen LogP contribution in [-0.2, 0) is 10.8 Å². The molecule has 0 aliphatic heterocycles. The minimum Gasteiger partial charge on any atom is -0.352 e. The van der Waals surface area contributed by atoms with Gasteiger partial charge in [0.1, 0.15) is 0 Å². The molecule has 2 atom stereocenters. The average molecular weight is 365 g/mol. The van der Waals surface area contributed by atoms with Crippen molar-refractivity contribution in [1.82, 2.24) is 5.32 Å². The first-order valence-corrected chi connectivity index (χ1v) is 8.06. The predicted molar refractivity (Wildman–Crippen MR) is 79.6 cm³/mol. The maximum atomic E-state index is 11.8. The van der Waals surface area contributed by atoms with E-state index in [1.54, 1.807) is 12.3 Å². The lowest BCUT2D eigenvalue weighted by atomic mass is 10.2. The van der Waals surface area contributed by atoms with Crippen LogP contribution in [0.3, 0.4) is 0 Å². The van der Waals surface area contributed by atoms with Crippen LogP contribution in [0.5, 0.6) is 0 Å². The summed E-state index contributed by atoms with van der Waals surface area (Å²) < 4.78 is 12.2. The Balaban J connectivity index is 2.43. The largest absolute Gasteiger partial charge is 0.352 e. The highest BCUT2D eigenvalue weighted by molar-refractivity contribution is 14.1. The molecule has 0 saturated heterocycles. The molecule has 2 unspecified atom stereocenters. The Labute approximate surface area is 118 Å². The summed E-state index contributed by atoms with van der Waals surface area (Å²) >= 11 is 2.18. The van der Waals surface area contributed by atoms with E-state index in [1.165, 1.54) is 0 Å². The number of rotatable bonds is 5. The summed E-state index contributed by atoms with van der Waals surface area (Å²) in [5.74, 6) is -0.0717. The minimum absolute atomic E-state index is 0.0717. The molecule has 0 heterocycles. The number of carbonyl (C=O) groups excluding carboxylic acids is 1. The molecule has 0 spiro atoms. The van der Waals surface area contributed by atoms with Crippen LogP contribution in [0, 0.1) is 3.57 Å². The van der Waals surface area contributed by atoms with Gasteiger partial charge in [0.25, 0.3) is 5.91 Å². The number of carbonyl (C=O) groups is 1. The molecule has 1 N–H and O–H groups in total. The fourth-order valence-electron chi connectivity index (χ4n) is 1.29. The zero-order chi connectivity index (χ0) is 12.8. The second kappa shape index (κ2) is 7.10. The van der Waals surface area contributed by atoms with Gasteiger partial charge in [-0.2, -0.15) is 0 Å². The van der Waals surface area contributed by atoms with Gasteiger partial charge in [-0.25, -0.2) is 0 Å². The number of nitrogens with one attached hydrogen (secondary N) is 1. The smallest absolute Gasteiger partial charge is 0.251 e. The third-order valence-electron chi connectivity index (χ3n) is 2.49. The number of hydrogen-bond acceptors (Lipinski definition) is 2. The van der Waals surface area contributed by atoms with E-state index in [0.717, 1.165) is 9.99 Å². The third kappa shape index (κ3) is 5.16. The molecule has 1 aromatic rings. The quantitative estimate of drug-likeness (QED) is 0.814. The van der Waals surface area contributed by atoms with Crippen molar-refractivity contribution in [2.45, 2.75) is 18.6 Å². The van der Waals surface area contributed by atoms with E-state index in [0.29, 0.717) is 12.1 Å². The Hall–Kier alpha value is -0.430. The highest BCUT2D eigenvalue weighted by atomic mass is 127. The van der Waals surface area contributed by atoms with Gasteiger partial charge in [-0.1, -0.05) is 13.0 Å². The van der Waals surface area contributed by atoms with Crippen molar-refractivity contribution in [2.24, 2.45) is 0 Å². The first-order valence-electron chi connectivity index (χ1n) is 5.36. The summed E-state index contributed by atoms with van der Waals surface area (Å²) in [5.41, 5.74) is 0.669. The van der Waals surface area contributed by atoms with Gasteiger partial charge in [0.2, 0.25) is 0 Å². The summed E-state index contributed by atoms with van der Waals surface area (Å²) in [6, 6.07) is 7.44. The van der Waals surface area contributed by atoms with Crippen molar-refractivity contribution in [3.05, 3.63) is 33.4 Å². The lowest BCUT2D eigenvalue weighted by Crippen LogP contribution is -2.27. The first-order chi connectivity index (χ1) is 8.00. The lowest BCUT2D eigenvalue weighted by Gasteiger charge is -2.09. The fourth-order valence-corrected chi connectivity index (χ4v) is 2.28. The van der Waals surface area contributed by atoms with Gasteiger partial charge < -0.3 is 5.32 Å². The normalized spacial score (nSPS) is 14.1. The van der Waals surface area contributed by atoms with Gasteiger partial charge in [-0.05, 0) is 47.2 Å². The predicted octanol–water partition coefficient (Wildman–Crippen LogP) is 2.18. The Bertz CT molecular complexity index is 423. The highest BCUT2D eigenvalue weighted by Crippen LogP contribution is 2.07. The molecule has 17 heavy (non-hydrogen) atoms. The van der Waals surface area contributed by atoms with Crippen LogP contribution in [0.15, 0.2) is 24.3 Å². The monoisotopic (exact) mass is 365 g/mol. The van der Waals surface area contributed by atoms with Crippen molar-refractivity contribution in [3.8, 4) is 0 Å². The van der Waals surface area contributed by atoms with E-state index in [2.05, 4.69) is 27.9 Å². The number of halogens is 1. The molecular weight excluding hydrogens is 349 g/mol. The second-order valence-electron chi connectivity index (χ2n) is 3.86. The minimum atomic E-state index is -0.826. The zero-order valence-corrected chi connectivity index (χ0v) is 12.9. The molecule has 1 aromatic carbocycles. The Morgan fingerprint density at radius 2 is 2.24 bits per heavy atom. The van der Waals surface area contributed by atoms with Crippen LogP contribution in [0.25, 0.3) is 0 Å². The number of amides is 1. The number of hydrogen-bond donors (Lipinski definition) is 1. The van der Waals surface area contributed by atoms with E-state index >= 15 is 0 Å². The topological polar surface area (TPSA) is 46.2 Å². The van der Waals surface area contributed by atoms with Gasteiger partial charge in [0.15, 0.2) is 0 Å². The number of benzene rings is 1. The Kier molecular flexibility index (Phi) is 6.11. The van der Waals surface area contributed by atoms with Crippen LogP contribution >= 0.6 is 22.6 Å². The van der Waals surface area contributed by atoms with Crippen molar-refractivity contribution < 1.29 is 9.00 Å². The second-order valence-corrected chi connectivity index (χ2v) is 6.91. The molecule has 1 rings (SSSR count). The van der Waals surface area contributed by atoms with Gasteiger partial charge in [-0.15, -0.1) is 0 Å². The molecule has 0 fully saturated rings. The highest BCUT2D eigenvalue weighted by Gasteiger charge is 2.08. The summed E-state index contributed by atoms with van der Waals surface area (Å²) in [6.07, 6.45) is 2.42. The lowest BCUT2D eigenvalue weighted by molar-refractivity contribution is 0.0953. The molecule has 5 heteroatoms. The summed E-state index contributed by atoms with van der Waals surface area (Å²) in [6.45, 7) is 2.48. The van der Waals surface area contributed by atoms with Crippen molar-refractivity contribution >= 4 is 39.3 Å². The van der Waals surface area contributed by atoms with Crippen molar-refractivity contribution in [2.75, 3.05) is 12.8 Å². The summed E-state index contributed by atoms with van der Waals surface area (Å²) in [5, 5.41) is 2.95. The molecule has 1 amide bonds. The van der Waals surface area contributed by atoms with Gasteiger partial charge >= 0.3 is 0 Å². The summed E-state index contributed by atoms with van der Waals surface area (Å²) in [4.78, 5) is 11.8. The van der Waals surface area contributed by atoms with E-state index in [4.69, 9.17) is 0 Å². The maximum absolute atomic E-state index is 11.8. The molecule has 0 aromatic heterocycles. The molecule has 94 valence electrons. The van der Waals surface area contributed by atoms with Gasteiger partial charge in [-0.3, -0.25) is 9.00 Å². The Morgan fingerprint density at radius 1 is 1.53 bits per heavy atom. The van der Waals surface area contributed by atoms with E-state index in [1.807, 2.05) is 25.1 Å². The van der Waals surface area contributed by atoms with Crippen LogP contribution in [-0.4, -0.2) is 28.2 Å². The van der Waals surface area contributed by atoms with E-state index in [-0.39, 0.29) is 11.2 Å². The van der Waals surface area contributed by atoms with E-state index in [9.17, 15) is 9.00 Å². The molecule has 3 nitrogen and oxygen atoms in total. The first kappa shape index (κ1) is 14.6. The van der Waals surface area contributed by atoms with Crippen molar-refractivity contribution in [3.63, 3.8) is 0 Å². The third-order valence-corrected chi connectivity index (χ3v) is 4.53. The van der Waals surface area contributed by atoms with Crippen LogP contribution in [0.4, 0.5) is 0 Å². The zero-order valence-electron chi connectivity index (χ0n) is 9.90. The average Bonchev–Trinajstić information content (AvgIpc) is 2.28. The molecular formula is C12H16INO2S. The van der Waals surface area contributed by atoms with Gasteiger partial charge in [0.05, 0.1) is 0 Å². The molecule has 0 bridgehead atoms. The van der Waals surface area contributed by atoms with Crippen LogP contribution < -0.4 is 5.32 Å². The molecule has 0 saturated carbocycles. The van der Waals surface area contributed by atoms with Gasteiger partial charge in [0, 0.05) is 38.0 Å². The van der Waals surface area contributed by atoms with Crippen molar-refractivity contribution in [1.29, 1.82) is 0 Å². The SMILES string of the molecule is CC(CCNC(=O)c1cccc(I)c1)S(C)=O. The van der Waals surface area contributed by atoms with E-state index < -0.39 is 10.8 Å². The van der Waals surface area contributed by atoms with Crippen LogP contribution in [0.2, 0.25) is 0 Å².